The maximum Gasteiger partial charge on any atom is 0.127 e. The highest BCUT2D eigenvalue weighted by Gasteiger charge is 2.10. The summed E-state index contributed by atoms with van der Waals surface area (Å²) in [7, 11) is 3.47. The van der Waals surface area contributed by atoms with Crippen LogP contribution in [0.4, 0.5) is 0 Å². The van der Waals surface area contributed by atoms with E-state index >= 15 is 0 Å². The number of H-pyrrole nitrogens is 1. The van der Waals surface area contributed by atoms with Crippen LogP contribution in [0.15, 0.2) is 42.5 Å². The van der Waals surface area contributed by atoms with Gasteiger partial charge in [-0.2, -0.15) is 0 Å². The number of nitrogens with zero attached hydrogens (tertiary/aromatic N) is 2. The topological polar surface area (TPSA) is 50.8 Å². The SMILES string of the molecule is [CH2]Oc1ccccc1-c1cccc2[nH]nnc12. The zero-order chi connectivity index (χ0) is 11.7. The molecule has 0 aliphatic rings. The summed E-state index contributed by atoms with van der Waals surface area (Å²) >= 11 is 0. The van der Waals surface area contributed by atoms with E-state index in [1.54, 1.807) is 0 Å². The largest absolute Gasteiger partial charge is 0.489 e. The minimum absolute atomic E-state index is 0.725. The maximum absolute atomic E-state index is 5.12. The van der Waals surface area contributed by atoms with E-state index in [0.29, 0.717) is 0 Å². The predicted molar refractivity (Wildman–Crippen MR) is 65.3 cm³/mol. The number of rotatable bonds is 2. The minimum atomic E-state index is 0.725. The summed E-state index contributed by atoms with van der Waals surface area (Å²) in [4.78, 5) is 0. The van der Waals surface area contributed by atoms with Gasteiger partial charge in [-0.15, -0.1) is 5.10 Å². The van der Waals surface area contributed by atoms with Gasteiger partial charge in [0.1, 0.15) is 18.4 Å². The van der Waals surface area contributed by atoms with Gasteiger partial charge in [-0.05, 0) is 12.1 Å². The Balaban J connectivity index is 2.30. The van der Waals surface area contributed by atoms with E-state index in [4.69, 9.17) is 4.74 Å². The van der Waals surface area contributed by atoms with Gasteiger partial charge in [-0.1, -0.05) is 35.5 Å². The molecule has 0 fully saturated rings. The molecule has 0 unspecified atom stereocenters. The first-order valence-electron chi connectivity index (χ1n) is 5.21. The Labute approximate surface area is 98.2 Å². The van der Waals surface area contributed by atoms with E-state index in [0.717, 1.165) is 27.9 Å². The molecule has 0 saturated carbocycles. The quantitative estimate of drug-likeness (QED) is 0.728. The van der Waals surface area contributed by atoms with Crippen LogP contribution in [0.5, 0.6) is 5.75 Å². The Bertz CT molecular complexity index is 660. The molecule has 4 nitrogen and oxygen atoms in total. The molecule has 4 heteroatoms. The van der Waals surface area contributed by atoms with Gasteiger partial charge in [0.25, 0.3) is 0 Å². The molecule has 17 heavy (non-hydrogen) atoms. The molecule has 0 bridgehead atoms. The van der Waals surface area contributed by atoms with Crippen molar-refractivity contribution in [2.45, 2.75) is 0 Å². The van der Waals surface area contributed by atoms with Crippen molar-refractivity contribution in [1.29, 1.82) is 0 Å². The zero-order valence-corrected chi connectivity index (χ0v) is 9.05. The highest BCUT2D eigenvalue weighted by molar-refractivity contribution is 5.92. The lowest BCUT2D eigenvalue weighted by Gasteiger charge is -2.07. The van der Waals surface area contributed by atoms with Gasteiger partial charge in [0.2, 0.25) is 0 Å². The zero-order valence-electron chi connectivity index (χ0n) is 9.05. The van der Waals surface area contributed by atoms with Crippen molar-refractivity contribution < 1.29 is 4.74 Å². The third-order valence-corrected chi connectivity index (χ3v) is 2.69. The molecule has 0 aliphatic carbocycles. The van der Waals surface area contributed by atoms with E-state index in [-0.39, 0.29) is 0 Å². The van der Waals surface area contributed by atoms with Crippen molar-refractivity contribution in [3.05, 3.63) is 49.6 Å². The molecule has 0 spiro atoms. The third-order valence-electron chi connectivity index (χ3n) is 2.69. The number of nitrogens with one attached hydrogen (secondary N) is 1. The van der Waals surface area contributed by atoms with Crippen molar-refractivity contribution in [2.24, 2.45) is 0 Å². The van der Waals surface area contributed by atoms with Crippen molar-refractivity contribution >= 4 is 11.0 Å². The molecule has 1 radical (unpaired) electrons. The first-order chi connectivity index (χ1) is 8.40. The molecule has 1 aromatic heterocycles. The number of hydrogen-bond donors (Lipinski definition) is 1. The van der Waals surface area contributed by atoms with Gasteiger partial charge in [0.05, 0.1) is 5.52 Å². The fraction of sp³-hybridized carbons (Fsp3) is 0. The van der Waals surface area contributed by atoms with Gasteiger partial charge in [0, 0.05) is 11.1 Å². The lowest BCUT2D eigenvalue weighted by Crippen LogP contribution is -1.86. The Morgan fingerprint density at radius 3 is 2.71 bits per heavy atom. The van der Waals surface area contributed by atoms with Gasteiger partial charge >= 0.3 is 0 Å². The molecule has 0 amide bonds. The summed E-state index contributed by atoms with van der Waals surface area (Å²) in [5.41, 5.74) is 3.68. The average molecular weight is 224 g/mol. The van der Waals surface area contributed by atoms with Crippen LogP contribution in [0.1, 0.15) is 0 Å². The number of para-hydroxylation sites is 1. The molecular formula is C13H10N3O. The molecule has 1 heterocycles. The van der Waals surface area contributed by atoms with E-state index in [2.05, 4.69) is 22.5 Å². The van der Waals surface area contributed by atoms with Crippen LogP contribution in [0.3, 0.4) is 0 Å². The summed E-state index contributed by atoms with van der Waals surface area (Å²) in [6, 6.07) is 13.6. The Morgan fingerprint density at radius 2 is 1.82 bits per heavy atom. The van der Waals surface area contributed by atoms with Crippen molar-refractivity contribution in [3.8, 4) is 16.9 Å². The fourth-order valence-electron chi connectivity index (χ4n) is 1.90. The summed E-state index contributed by atoms with van der Waals surface area (Å²) in [6.07, 6.45) is 0. The second-order valence-electron chi connectivity index (χ2n) is 3.65. The number of benzene rings is 2. The van der Waals surface area contributed by atoms with Crippen molar-refractivity contribution in [3.63, 3.8) is 0 Å². The molecule has 83 valence electrons. The normalized spacial score (nSPS) is 10.6. The second kappa shape index (κ2) is 3.90. The van der Waals surface area contributed by atoms with Crippen LogP contribution in [0.2, 0.25) is 0 Å². The molecule has 0 atom stereocenters. The Morgan fingerprint density at radius 1 is 1.00 bits per heavy atom. The van der Waals surface area contributed by atoms with E-state index in [1.807, 2.05) is 42.5 Å². The molecule has 2 aromatic carbocycles. The van der Waals surface area contributed by atoms with Crippen LogP contribution < -0.4 is 4.74 Å². The average Bonchev–Trinajstić information content (AvgIpc) is 2.86. The minimum Gasteiger partial charge on any atom is -0.489 e. The van der Waals surface area contributed by atoms with Crippen LogP contribution in [0.25, 0.3) is 22.2 Å². The monoisotopic (exact) mass is 224 g/mol. The molecule has 1 N–H and O–H groups in total. The lowest BCUT2D eigenvalue weighted by atomic mass is 10.0. The smallest absolute Gasteiger partial charge is 0.127 e. The molecule has 3 rings (SSSR count). The number of aromatic nitrogens is 3. The van der Waals surface area contributed by atoms with Gasteiger partial charge < -0.3 is 4.74 Å². The number of aromatic amines is 1. The van der Waals surface area contributed by atoms with Crippen molar-refractivity contribution in [1.82, 2.24) is 15.4 Å². The van der Waals surface area contributed by atoms with E-state index < -0.39 is 0 Å². The molecular weight excluding hydrogens is 214 g/mol. The summed E-state index contributed by atoms with van der Waals surface area (Å²) < 4.78 is 5.12. The molecule has 3 aromatic rings. The summed E-state index contributed by atoms with van der Waals surface area (Å²) in [5.74, 6) is 0.725. The lowest BCUT2D eigenvalue weighted by molar-refractivity contribution is 0.475. The summed E-state index contributed by atoms with van der Waals surface area (Å²) in [6.45, 7) is 0. The number of fused-ring (bicyclic) bond motifs is 1. The van der Waals surface area contributed by atoms with Gasteiger partial charge in [-0.3, -0.25) is 5.10 Å². The summed E-state index contributed by atoms with van der Waals surface area (Å²) in [5, 5.41) is 10.8. The van der Waals surface area contributed by atoms with Gasteiger partial charge in [0.15, 0.2) is 0 Å². The predicted octanol–water partition coefficient (Wildman–Crippen LogP) is 2.80. The highest BCUT2D eigenvalue weighted by Crippen LogP contribution is 2.33. The molecule has 0 aliphatic heterocycles. The first-order valence-corrected chi connectivity index (χ1v) is 5.21. The second-order valence-corrected chi connectivity index (χ2v) is 3.65. The fourth-order valence-corrected chi connectivity index (χ4v) is 1.90. The van der Waals surface area contributed by atoms with Crippen molar-refractivity contribution in [2.75, 3.05) is 0 Å². The third kappa shape index (κ3) is 1.54. The van der Waals surface area contributed by atoms with Crippen LogP contribution >= 0.6 is 0 Å². The van der Waals surface area contributed by atoms with E-state index in [1.165, 1.54) is 0 Å². The van der Waals surface area contributed by atoms with Crippen LogP contribution in [-0.2, 0) is 0 Å². The molecule has 0 saturated heterocycles. The highest BCUT2D eigenvalue weighted by atomic mass is 16.5. The number of ether oxygens (including phenoxy) is 1. The van der Waals surface area contributed by atoms with Crippen LogP contribution in [-0.4, -0.2) is 15.4 Å². The maximum atomic E-state index is 5.12. The van der Waals surface area contributed by atoms with E-state index in [9.17, 15) is 0 Å². The standard InChI is InChI=1S/C13H10N3O/c1-17-12-8-3-2-5-9(12)10-6-4-7-11-13(10)15-16-14-11/h2-8H,1H2,(H,14,15,16). The first kappa shape index (κ1) is 9.84. The Hall–Kier alpha value is -2.36. The van der Waals surface area contributed by atoms with Crippen LogP contribution in [0, 0.1) is 7.11 Å². The number of hydrogen-bond acceptors (Lipinski definition) is 3. The van der Waals surface area contributed by atoms with Gasteiger partial charge in [-0.25, -0.2) is 0 Å². The Kier molecular flexibility index (Phi) is 2.26.